The Bertz CT molecular complexity index is 550. The second-order valence-electron chi connectivity index (χ2n) is 3.87. The number of methoxy groups -OCH3 is 1. The molecule has 0 saturated carbocycles. The molecule has 18 heavy (non-hydrogen) atoms. The number of nitrogens with one attached hydrogen (secondary N) is 1. The van der Waals surface area contributed by atoms with E-state index >= 15 is 0 Å². The van der Waals surface area contributed by atoms with Crippen molar-refractivity contribution in [1.82, 2.24) is 19.7 Å². The number of ether oxygens (including phenoxy) is 1. The van der Waals surface area contributed by atoms with E-state index in [4.69, 9.17) is 10.5 Å². The van der Waals surface area contributed by atoms with Crippen LogP contribution in [-0.4, -0.2) is 26.9 Å². The van der Waals surface area contributed by atoms with Crippen LogP contribution in [-0.2, 0) is 13.6 Å². The summed E-state index contributed by atoms with van der Waals surface area (Å²) < 4.78 is 6.99. The van der Waals surface area contributed by atoms with Crippen LogP contribution in [0.3, 0.4) is 0 Å². The molecule has 0 aliphatic carbocycles. The molecule has 2 aromatic heterocycles. The predicted octanol–water partition coefficient (Wildman–Crippen LogP) is 0.721. The lowest BCUT2D eigenvalue weighted by molar-refractivity contribution is 0.415. The van der Waals surface area contributed by atoms with Crippen LogP contribution >= 0.6 is 0 Å². The zero-order valence-electron chi connectivity index (χ0n) is 10.6. The van der Waals surface area contributed by atoms with Crippen LogP contribution in [0.5, 0.6) is 5.75 Å². The molecule has 2 aromatic rings. The number of anilines is 2. The molecule has 0 saturated heterocycles. The van der Waals surface area contributed by atoms with E-state index in [2.05, 4.69) is 20.4 Å². The van der Waals surface area contributed by atoms with Crippen molar-refractivity contribution in [2.24, 2.45) is 7.05 Å². The molecule has 7 nitrogen and oxygen atoms in total. The molecule has 2 heterocycles. The standard InChI is InChI=1S/C11H16N6O/c1-7-8(5-16-17(7)2)4-13-11-9(18-3)10(12)14-6-15-11/h5-6H,4H2,1-3H3,(H3,12,13,14,15). The lowest BCUT2D eigenvalue weighted by Crippen LogP contribution is -2.07. The summed E-state index contributed by atoms with van der Waals surface area (Å²) in [5.74, 6) is 1.35. The van der Waals surface area contributed by atoms with Crippen LogP contribution in [0.25, 0.3) is 0 Å². The summed E-state index contributed by atoms with van der Waals surface area (Å²) in [6.07, 6.45) is 3.22. The second kappa shape index (κ2) is 4.91. The van der Waals surface area contributed by atoms with Crippen molar-refractivity contribution in [3.05, 3.63) is 23.8 Å². The molecular formula is C11H16N6O. The maximum absolute atomic E-state index is 5.70. The molecule has 0 atom stereocenters. The van der Waals surface area contributed by atoms with Gasteiger partial charge in [-0.05, 0) is 6.92 Å². The number of aryl methyl sites for hydroxylation is 1. The number of aromatic nitrogens is 4. The summed E-state index contributed by atoms with van der Waals surface area (Å²) in [7, 11) is 3.44. The molecule has 0 aliphatic heterocycles. The monoisotopic (exact) mass is 248 g/mol. The molecule has 3 N–H and O–H groups in total. The third kappa shape index (κ3) is 2.20. The first kappa shape index (κ1) is 12.2. The summed E-state index contributed by atoms with van der Waals surface area (Å²) in [5.41, 5.74) is 7.90. The molecule has 0 unspecified atom stereocenters. The molecule has 0 spiro atoms. The molecule has 96 valence electrons. The Morgan fingerprint density at radius 3 is 2.83 bits per heavy atom. The van der Waals surface area contributed by atoms with Crippen molar-refractivity contribution in [1.29, 1.82) is 0 Å². The highest BCUT2D eigenvalue weighted by molar-refractivity contribution is 5.61. The lowest BCUT2D eigenvalue weighted by Gasteiger charge is -2.10. The number of nitrogens with two attached hydrogens (primary N) is 1. The van der Waals surface area contributed by atoms with E-state index in [1.54, 1.807) is 0 Å². The average Bonchev–Trinajstić information content (AvgIpc) is 2.68. The summed E-state index contributed by atoms with van der Waals surface area (Å²) >= 11 is 0. The van der Waals surface area contributed by atoms with Crippen LogP contribution in [0.15, 0.2) is 12.5 Å². The molecule has 2 rings (SSSR count). The van der Waals surface area contributed by atoms with Gasteiger partial charge in [0.2, 0.25) is 5.75 Å². The zero-order valence-corrected chi connectivity index (χ0v) is 10.6. The van der Waals surface area contributed by atoms with E-state index in [0.29, 0.717) is 23.9 Å². The molecular weight excluding hydrogens is 232 g/mol. The largest absolute Gasteiger partial charge is 0.490 e. The third-order valence-electron chi connectivity index (χ3n) is 2.82. The molecule has 0 bridgehead atoms. The summed E-state index contributed by atoms with van der Waals surface area (Å²) in [6.45, 7) is 2.61. The fourth-order valence-corrected chi connectivity index (χ4v) is 1.61. The van der Waals surface area contributed by atoms with Gasteiger partial charge in [0, 0.05) is 24.8 Å². The number of hydrogen-bond acceptors (Lipinski definition) is 6. The second-order valence-corrected chi connectivity index (χ2v) is 3.87. The number of rotatable bonds is 4. The van der Waals surface area contributed by atoms with Gasteiger partial charge in [-0.15, -0.1) is 0 Å². The van der Waals surface area contributed by atoms with E-state index in [1.807, 2.05) is 24.9 Å². The molecule has 0 aliphatic rings. The molecule has 0 amide bonds. The van der Waals surface area contributed by atoms with Crippen LogP contribution in [0.2, 0.25) is 0 Å². The highest BCUT2D eigenvalue weighted by Crippen LogP contribution is 2.26. The maximum atomic E-state index is 5.70. The fraction of sp³-hybridized carbons (Fsp3) is 0.364. The first-order valence-electron chi connectivity index (χ1n) is 5.49. The Balaban J connectivity index is 2.16. The fourth-order valence-electron chi connectivity index (χ4n) is 1.61. The number of nitrogens with zero attached hydrogens (tertiary/aromatic N) is 4. The van der Waals surface area contributed by atoms with Gasteiger partial charge in [0.15, 0.2) is 11.6 Å². The quantitative estimate of drug-likeness (QED) is 0.828. The Hall–Kier alpha value is -2.31. The van der Waals surface area contributed by atoms with E-state index in [-0.39, 0.29) is 0 Å². The van der Waals surface area contributed by atoms with E-state index in [0.717, 1.165) is 11.3 Å². The van der Waals surface area contributed by atoms with Gasteiger partial charge in [-0.2, -0.15) is 5.10 Å². The van der Waals surface area contributed by atoms with Gasteiger partial charge < -0.3 is 15.8 Å². The number of hydrogen-bond donors (Lipinski definition) is 2. The normalized spacial score (nSPS) is 10.4. The van der Waals surface area contributed by atoms with E-state index in [9.17, 15) is 0 Å². The first-order chi connectivity index (χ1) is 8.63. The van der Waals surface area contributed by atoms with Gasteiger partial charge in [-0.3, -0.25) is 4.68 Å². The van der Waals surface area contributed by atoms with Crippen LogP contribution in [0.4, 0.5) is 11.6 Å². The minimum atomic E-state index is 0.318. The Kier molecular flexibility index (Phi) is 3.31. The smallest absolute Gasteiger partial charge is 0.203 e. The van der Waals surface area contributed by atoms with Crippen molar-refractivity contribution >= 4 is 11.6 Å². The summed E-state index contributed by atoms with van der Waals surface area (Å²) in [4.78, 5) is 7.98. The van der Waals surface area contributed by atoms with Crippen molar-refractivity contribution in [2.75, 3.05) is 18.2 Å². The highest BCUT2D eigenvalue weighted by Gasteiger charge is 2.10. The molecule has 0 radical (unpaired) electrons. The number of nitrogen functional groups attached to an aromatic ring is 1. The zero-order chi connectivity index (χ0) is 13.1. The summed E-state index contributed by atoms with van der Waals surface area (Å²) in [5, 5.41) is 7.34. The highest BCUT2D eigenvalue weighted by atomic mass is 16.5. The van der Waals surface area contributed by atoms with E-state index in [1.165, 1.54) is 13.4 Å². The Morgan fingerprint density at radius 1 is 1.44 bits per heavy atom. The van der Waals surface area contributed by atoms with Crippen LogP contribution in [0.1, 0.15) is 11.3 Å². The Labute approximate surface area is 105 Å². The minimum Gasteiger partial charge on any atom is -0.490 e. The van der Waals surface area contributed by atoms with Crippen LogP contribution in [0, 0.1) is 6.92 Å². The van der Waals surface area contributed by atoms with Gasteiger partial charge in [-0.25, -0.2) is 9.97 Å². The van der Waals surface area contributed by atoms with Crippen molar-refractivity contribution in [3.63, 3.8) is 0 Å². The van der Waals surface area contributed by atoms with E-state index < -0.39 is 0 Å². The molecule has 0 fully saturated rings. The van der Waals surface area contributed by atoms with Crippen LogP contribution < -0.4 is 15.8 Å². The Morgan fingerprint density at radius 2 is 2.22 bits per heavy atom. The van der Waals surface area contributed by atoms with Crippen molar-refractivity contribution in [3.8, 4) is 5.75 Å². The van der Waals surface area contributed by atoms with Crippen molar-refractivity contribution in [2.45, 2.75) is 13.5 Å². The minimum absolute atomic E-state index is 0.318. The third-order valence-corrected chi connectivity index (χ3v) is 2.82. The maximum Gasteiger partial charge on any atom is 0.203 e. The average molecular weight is 248 g/mol. The predicted molar refractivity (Wildman–Crippen MR) is 68.3 cm³/mol. The van der Waals surface area contributed by atoms with Gasteiger partial charge >= 0.3 is 0 Å². The van der Waals surface area contributed by atoms with Gasteiger partial charge in [0.05, 0.1) is 13.3 Å². The van der Waals surface area contributed by atoms with Gasteiger partial charge in [0.1, 0.15) is 6.33 Å². The molecule has 0 aromatic carbocycles. The SMILES string of the molecule is COc1c(N)ncnc1NCc1cnn(C)c1C. The van der Waals surface area contributed by atoms with Gasteiger partial charge in [0.25, 0.3) is 0 Å². The topological polar surface area (TPSA) is 90.9 Å². The lowest BCUT2D eigenvalue weighted by atomic mass is 10.2. The van der Waals surface area contributed by atoms with Crippen molar-refractivity contribution < 1.29 is 4.74 Å². The summed E-state index contributed by atoms with van der Waals surface area (Å²) in [6, 6.07) is 0. The molecule has 7 heteroatoms. The first-order valence-corrected chi connectivity index (χ1v) is 5.49. The van der Waals surface area contributed by atoms with Gasteiger partial charge in [-0.1, -0.05) is 0 Å².